The summed E-state index contributed by atoms with van der Waals surface area (Å²) in [6.07, 6.45) is 5.73. The maximum Gasteiger partial charge on any atom is 0.221 e. The predicted octanol–water partition coefficient (Wildman–Crippen LogP) is 1.28. The lowest BCUT2D eigenvalue weighted by molar-refractivity contribution is -0.118. The van der Waals surface area contributed by atoms with Crippen LogP contribution in [0.3, 0.4) is 0 Å². The van der Waals surface area contributed by atoms with Crippen LogP contribution in [0.25, 0.3) is 0 Å². The number of nitrogens with one attached hydrogen (secondary N) is 1. The molecule has 0 aliphatic carbocycles. The van der Waals surface area contributed by atoms with Gasteiger partial charge in [-0.15, -0.1) is 0 Å². The monoisotopic (exact) mass is 156 g/mol. The molecule has 0 saturated carbocycles. The zero-order valence-corrected chi connectivity index (χ0v) is 6.69. The first-order valence-electron chi connectivity index (χ1n) is 2.95. The minimum Gasteiger partial charge on any atom is -0.326 e. The van der Waals surface area contributed by atoms with E-state index in [4.69, 9.17) is 0 Å². The summed E-state index contributed by atoms with van der Waals surface area (Å²) in [4.78, 5) is 10.5. The largest absolute Gasteiger partial charge is 0.326 e. The molecule has 0 aromatic carbocycles. The van der Waals surface area contributed by atoms with Gasteiger partial charge in [-0.1, -0.05) is 0 Å². The molecule has 1 radical (unpaired) electrons. The van der Waals surface area contributed by atoms with Crippen LogP contribution in [-0.4, -0.2) is 5.91 Å². The van der Waals surface area contributed by atoms with Crippen LogP contribution < -0.4 is 5.32 Å². The van der Waals surface area contributed by atoms with Crippen molar-refractivity contribution in [3.8, 4) is 0 Å². The summed E-state index contributed by atoms with van der Waals surface area (Å²) in [5.74, 6) is -0.0267. The second-order valence-electron chi connectivity index (χ2n) is 2.10. The van der Waals surface area contributed by atoms with Crippen LogP contribution in [-0.2, 0) is 4.79 Å². The topological polar surface area (TPSA) is 29.1 Å². The van der Waals surface area contributed by atoms with E-state index in [1.54, 1.807) is 0 Å². The molecule has 0 aromatic rings. The van der Waals surface area contributed by atoms with Gasteiger partial charge in [0.15, 0.2) is 0 Å². The number of carbonyl (C=O) groups is 1. The Hall–Kier alpha value is -0.700. The molecule has 0 fully saturated rings. The Morgan fingerprint density at radius 2 is 2.50 bits per heavy atom. The van der Waals surface area contributed by atoms with E-state index in [-0.39, 0.29) is 16.8 Å². The molecule has 2 nitrogen and oxygen atoms in total. The minimum atomic E-state index is -0.342. The van der Waals surface area contributed by atoms with Crippen LogP contribution in [0.1, 0.15) is 6.92 Å². The molecule has 0 bridgehead atoms. The van der Waals surface area contributed by atoms with Gasteiger partial charge in [-0.05, 0) is 23.1 Å². The summed E-state index contributed by atoms with van der Waals surface area (Å²) in [5.41, 5.74) is 0.883. The van der Waals surface area contributed by atoms with Crippen molar-refractivity contribution < 1.29 is 4.79 Å². The lowest BCUT2D eigenvalue weighted by Crippen LogP contribution is -2.16. The third-order valence-corrected chi connectivity index (χ3v) is 2.21. The fourth-order valence-corrected chi connectivity index (χ4v) is 1.66. The summed E-state index contributed by atoms with van der Waals surface area (Å²) >= 11 is 0. The van der Waals surface area contributed by atoms with Gasteiger partial charge in [-0.2, -0.15) is 0 Å². The van der Waals surface area contributed by atoms with Crippen molar-refractivity contribution in [2.75, 3.05) is 0 Å². The number of thiol groups is 1. The number of rotatable bonds is 1. The van der Waals surface area contributed by atoms with Crippen LogP contribution in [0.4, 0.5) is 0 Å². The predicted molar refractivity (Wildman–Crippen MR) is 45.4 cm³/mol. The Bertz CT molecular complexity index is 208. The highest BCUT2D eigenvalue weighted by molar-refractivity contribution is 8.23. The molecule has 1 heterocycles. The first-order valence-corrected chi connectivity index (χ1v) is 4.61. The molecule has 0 spiro atoms. The lowest BCUT2D eigenvalue weighted by Gasteiger charge is -1.98. The maximum absolute atomic E-state index is 10.5. The van der Waals surface area contributed by atoms with Crippen molar-refractivity contribution in [3.63, 3.8) is 0 Å². The SMILES string of the molecule is [CH2][SH]1C=CC(NC(C)=O)=C1. The molecule has 1 aliphatic heterocycles. The number of hydrogen-bond acceptors (Lipinski definition) is 1. The van der Waals surface area contributed by atoms with Gasteiger partial charge in [0.25, 0.3) is 0 Å². The van der Waals surface area contributed by atoms with Crippen LogP contribution in [0.15, 0.2) is 22.6 Å². The van der Waals surface area contributed by atoms with E-state index in [1.165, 1.54) is 6.92 Å². The quantitative estimate of drug-likeness (QED) is 0.550. The third-order valence-electron chi connectivity index (χ3n) is 1.07. The van der Waals surface area contributed by atoms with Crippen molar-refractivity contribution in [3.05, 3.63) is 28.8 Å². The molecule has 1 unspecified atom stereocenters. The molecule has 3 heteroatoms. The van der Waals surface area contributed by atoms with E-state index in [9.17, 15) is 4.79 Å². The highest BCUT2D eigenvalue weighted by Gasteiger charge is 2.01. The number of carbonyl (C=O) groups excluding carboxylic acids is 1. The van der Waals surface area contributed by atoms with Crippen LogP contribution in [0.2, 0.25) is 0 Å². The zero-order valence-electron chi connectivity index (χ0n) is 5.79. The summed E-state index contributed by atoms with van der Waals surface area (Å²) in [5, 5.41) is 6.65. The van der Waals surface area contributed by atoms with Crippen molar-refractivity contribution in [2.45, 2.75) is 6.92 Å². The second-order valence-corrected chi connectivity index (χ2v) is 3.68. The molecular weight excluding hydrogens is 146 g/mol. The number of amides is 1. The van der Waals surface area contributed by atoms with Gasteiger partial charge in [-0.25, -0.2) is 10.9 Å². The molecule has 1 amide bonds. The summed E-state index contributed by atoms with van der Waals surface area (Å²) in [6, 6.07) is 0. The highest BCUT2D eigenvalue weighted by Crippen LogP contribution is 2.32. The van der Waals surface area contributed by atoms with Gasteiger partial charge in [0.05, 0.1) is 0 Å². The Kier molecular flexibility index (Phi) is 2.17. The minimum absolute atomic E-state index is 0.0267. The standard InChI is InChI=1S/C7H10NOS/c1-6(9)8-7-3-4-10(2)5-7/h3-5,10H,2H2,1H3,(H,8,9). The molecule has 1 atom stereocenters. The first-order chi connectivity index (χ1) is 4.68. The zero-order chi connectivity index (χ0) is 7.56. The molecule has 55 valence electrons. The first kappa shape index (κ1) is 7.41. The van der Waals surface area contributed by atoms with Gasteiger partial charge < -0.3 is 5.32 Å². The average Bonchev–Trinajstić information content (AvgIpc) is 2.13. The van der Waals surface area contributed by atoms with Crippen LogP contribution in [0.5, 0.6) is 0 Å². The van der Waals surface area contributed by atoms with Crippen molar-refractivity contribution >= 4 is 16.8 Å². The third kappa shape index (κ3) is 1.92. The van der Waals surface area contributed by atoms with E-state index < -0.39 is 0 Å². The summed E-state index contributed by atoms with van der Waals surface area (Å²) in [6.45, 7) is 1.50. The molecule has 0 saturated heterocycles. The molecule has 1 aliphatic rings. The Balaban J connectivity index is 2.52. The molecule has 1 N–H and O–H groups in total. The fraction of sp³-hybridized carbons (Fsp3) is 0.143. The van der Waals surface area contributed by atoms with Crippen molar-refractivity contribution in [1.82, 2.24) is 5.32 Å². The maximum atomic E-state index is 10.5. The van der Waals surface area contributed by atoms with Gasteiger partial charge in [0.2, 0.25) is 5.91 Å². The highest BCUT2D eigenvalue weighted by atomic mass is 32.2. The average molecular weight is 156 g/mol. The smallest absolute Gasteiger partial charge is 0.221 e. The van der Waals surface area contributed by atoms with E-state index in [0.29, 0.717) is 0 Å². The Labute approximate surface area is 63.3 Å². The van der Waals surface area contributed by atoms with E-state index in [0.717, 1.165) is 5.70 Å². The van der Waals surface area contributed by atoms with Crippen LogP contribution in [0, 0.1) is 6.26 Å². The Morgan fingerprint density at radius 1 is 1.80 bits per heavy atom. The Morgan fingerprint density at radius 3 is 2.90 bits per heavy atom. The van der Waals surface area contributed by atoms with E-state index in [1.807, 2.05) is 16.9 Å². The normalized spacial score (nSPS) is 26.2. The van der Waals surface area contributed by atoms with E-state index in [2.05, 4.69) is 11.6 Å². The molecule has 1 rings (SSSR count). The lowest BCUT2D eigenvalue weighted by atomic mass is 10.5. The van der Waals surface area contributed by atoms with Gasteiger partial charge in [0, 0.05) is 12.6 Å². The molecule has 10 heavy (non-hydrogen) atoms. The summed E-state index contributed by atoms with van der Waals surface area (Å²) < 4.78 is 0. The fourth-order valence-electron chi connectivity index (χ4n) is 0.718. The second kappa shape index (κ2) is 2.92. The number of allylic oxidation sites excluding steroid dienone is 1. The molecular formula is C7H10NOS. The van der Waals surface area contributed by atoms with Gasteiger partial charge >= 0.3 is 0 Å². The molecule has 0 aromatic heterocycles. The van der Waals surface area contributed by atoms with Gasteiger partial charge in [-0.3, -0.25) is 4.79 Å². The van der Waals surface area contributed by atoms with Crippen molar-refractivity contribution in [1.29, 1.82) is 0 Å². The van der Waals surface area contributed by atoms with Gasteiger partial charge in [0.1, 0.15) is 0 Å². The van der Waals surface area contributed by atoms with E-state index >= 15 is 0 Å². The van der Waals surface area contributed by atoms with Crippen molar-refractivity contribution in [2.24, 2.45) is 0 Å². The number of hydrogen-bond donors (Lipinski definition) is 2. The van der Waals surface area contributed by atoms with Crippen LogP contribution >= 0.6 is 10.9 Å². The summed E-state index contributed by atoms with van der Waals surface area (Å²) in [7, 11) is -0.342.